The third kappa shape index (κ3) is 3.80. The molecule has 0 spiro atoms. The maximum absolute atomic E-state index is 5.34. The van der Waals surface area contributed by atoms with Gasteiger partial charge in [0, 0.05) is 37.5 Å². The number of aryl methyl sites for hydroxylation is 1. The zero-order chi connectivity index (χ0) is 14.4. The van der Waals surface area contributed by atoms with Crippen molar-refractivity contribution in [1.29, 1.82) is 0 Å². The third-order valence-electron chi connectivity index (χ3n) is 3.03. The second-order valence-electron chi connectivity index (χ2n) is 4.64. The first kappa shape index (κ1) is 15.0. The van der Waals surface area contributed by atoms with Gasteiger partial charge in [-0.15, -0.1) is 11.3 Å². The number of ether oxygens (including phenoxy) is 1. The first-order valence-electron chi connectivity index (χ1n) is 6.98. The van der Waals surface area contributed by atoms with Gasteiger partial charge in [-0.1, -0.05) is 0 Å². The van der Waals surface area contributed by atoms with Crippen LogP contribution in [0, 0.1) is 6.92 Å². The van der Waals surface area contributed by atoms with E-state index < -0.39 is 0 Å². The summed E-state index contributed by atoms with van der Waals surface area (Å²) < 4.78 is 7.49. The Morgan fingerprint density at radius 2 is 2.35 bits per heavy atom. The maximum Gasteiger partial charge on any atom is 0.203 e. The minimum Gasteiger partial charge on any atom is -0.382 e. The molecule has 6 heteroatoms. The van der Waals surface area contributed by atoms with Gasteiger partial charge >= 0.3 is 0 Å². The number of anilines is 1. The standard InChI is InChI=1S/C14H22N4OS/c1-4-19-8-5-6-16-14-17-11(2)10-18(14)12(3)13-15-7-9-20-13/h7,9-10,12H,4-6,8H2,1-3H3,(H,16,17). The number of imidazole rings is 1. The number of hydrogen-bond donors (Lipinski definition) is 1. The summed E-state index contributed by atoms with van der Waals surface area (Å²) in [5.74, 6) is 0.904. The zero-order valence-electron chi connectivity index (χ0n) is 12.3. The predicted molar refractivity (Wildman–Crippen MR) is 82.5 cm³/mol. The lowest BCUT2D eigenvalue weighted by molar-refractivity contribution is 0.147. The van der Waals surface area contributed by atoms with Crippen molar-refractivity contribution in [2.24, 2.45) is 0 Å². The molecule has 1 atom stereocenters. The van der Waals surface area contributed by atoms with Crippen LogP contribution in [-0.4, -0.2) is 34.3 Å². The summed E-state index contributed by atoms with van der Waals surface area (Å²) in [5.41, 5.74) is 1.01. The summed E-state index contributed by atoms with van der Waals surface area (Å²) in [4.78, 5) is 8.93. The molecule has 0 aliphatic carbocycles. The van der Waals surface area contributed by atoms with Gasteiger partial charge in [0.05, 0.1) is 11.7 Å². The highest BCUT2D eigenvalue weighted by Crippen LogP contribution is 2.24. The molecule has 0 amide bonds. The summed E-state index contributed by atoms with van der Waals surface area (Å²) in [6.07, 6.45) is 4.89. The Kier molecular flexibility index (Phi) is 5.55. The third-order valence-corrected chi connectivity index (χ3v) is 3.98. The van der Waals surface area contributed by atoms with Crippen molar-refractivity contribution in [2.75, 3.05) is 25.1 Å². The highest BCUT2D eigenvalue weighted by Gasteiger charge is 2.15. The van der Waals surface area contributed by atoms with E-state index in [2.05, 4.69) is 33.0 Å². The molecule has 5 nitrogen and oxygen atoms in total. The monoisotopic (exact) mass is 294 g/mol. The summed E-state index contributed by atoms with van der Waals surface area (Å²) in [7, 11) is 0. The summed E-state index contributed by atoms with van der Waals surface area (Å²) >= 11 is 1.67. The van der Waals surface area contributed by atoms with Crippen molar-refractivity contribution < 1.29 is 4.74 Å². The number of rotatable bonds is 8. The van der Waals surface area contributed by atoms with E-state index in [9.17, 15) is 0 Å². The summed E-state index contributed by atoms with van der Waals surface area (Å²) in [6, 6.07) is 0.200. The van der Waals surface area contributed by atoms with Crippen LogP contribution in [0.5, 0.6) is 0 Å². The molecule has 0 aliphatic heterocycles. The fourth-order valence-corrected chi connectivity index (χ4v) is 2.71. The minimum absolute atomic E-state index is 0.200. The van der Waals surface area contributed by atoms with E-state index in [1.54, 1.807) is 11.3 Å². The Morgan fingerprint density at radius 1 is 1.50 bits per heavy atom. The molecule has 2 rings (SSSR count). The van der Waals surface area contributed by atoms with Crippen LogP contribution >= 0.6 is 11.3 Å². The van der Waals surface area contributed by atoms with Gasteiger partial charge in [0.25, 0.3) is 0 Å². The molecule has 0 aliphatic rings. The number of nitrogens with zero attached hydrogens (tertiary/aromatic N) is 3. The van der Waals surface area contributed by atoms with Crippen LogP contribution in [0.3, 0.4) is 0 Å². The van der Waals surface area contributed by atoms with Gasteiger partial charge in [-0.3, -0.25) is 0 Å². The van der Waals surface area contributed by atoms with Crippen LogP contribution in [-0.2, 0) is 4.74 Å². The van der Waals surface area contributed by atoms with Crippen LogP contribution in [0.2, 0.25) is 0 Å². The van der Waals surface area contributed by atoms with Gasteiger partial charge in [-0.25, -0.2) is 9.97 Å². The molecule has 0 saturated heterocycles. The van der Waals surface area contributed by atoms with E-state index in [4.69, 9.17) is 4.74 Å². The lowest BCUT2D eigenvalue weighted by Gasteiger charge is -2.14. The molecule has 2 aromatic rings. The number of thiazole rings is 1. The molecule has 1 N–H and O–H groups in total. The Balaban J connectivity index is 1.99. The second kappa shape index (κ2) is 7.40. The van der Waals surface area contributed by atoms with Crippen molar-refractivity contribution in [1.82, 2.24) is 14.5 Å². The van der Waals surface area contributed by atoms with E-state index in [1.807, 2.05) is 25.4 Å². The minimum atomic E-state index is 0.200. The van der Waals surface area contributed by atoms with E-state index in [-0.39, 0.29) is 6.04 Å². The number of hydrogen-bond acceptors (Lipinski definition) is 5. The predicted octanol–water partition coefficient (Wildman–Crippen LogP) is 3.10. The summed E-state index contributed by atoms with van der Waals surface area (Å²) in [6.45, 7) is 8.59. The van der Waals surface area contributed by atoms with Gasteiger partial charge in [0.15, 0.2) is 0 Å². The van der Waals surface area contributed by atoms with Crippen molar-refractivity contribution in [3.63, 3.8) is 0 Å². The van der Waals surface area contributed by atoms with Crippen LogP contribution in [0.1, 0.15) is 37.0 Å². The largest absolute Gasteiger partial charge is 0.382 e. The Bertz CT molecular complexity index is 509. The zero-order valence-corrected chi connectivity index (χ0v) is 13.1. The molecule has 1 unspecified atom stereocenters. The molecule has 20 heavy (non-hydrogen) atoms. The van der Waals surface area contributed by atoms with Gasteiger partial charge < -0.3 is 14.6 Å². The molecule has 110 valence electrons. The van der Waals surface area contributed by atoms with Crippen LogP contribution in [0.15, 0.2) is 17.8 Å². The van der Waals surface area contributed by atoms with Gasteiger partial charge in [-0.05, 0) is 27.2 Å². The lowest BCUT2D eigenvalue weighted by Crippen LogP contribution is -2.13. The normalized spacial score (nSPS) is 12.6. The average Bonchev–Trinajstić information content (AvgIpc) is 3.07. The maximum atomic E-state index is 5.34. The van der Waals surface area contributed by atoms with Gasteiger partial charge in [0.2, 0.25) is 5.95 Å². The molecule has 0 fully saturated rings. The van der Waals surface area contributed by atoms with Crippen LogP contribution in [0.25, 0.3) is 0 Å². The van der Waals surface area contributed by atoms with Gasteiger partial charge in [0.1, 0.15) is 5.01 Å². The van der Waals surface area contributed by atoms with E-state index in [0.717, 1.165) is 42.8 Å². The number of aromatic nitrogens is 3. The topological polar surface area (TPSA) is 52.0 Å². The van der Waals surface area contributed by atoms with Crippen molar-refractivity contribution in [2.45, 2.75) is 33.2 Å². The molecule has 2 heterocycles. The molecular weight excluding hydrogens is 272 g/mol. The molecule has 2 aromatic heterocycles. The Hall–Kier alpha value is -1.40. The highest BCUT2D eigenvalue weighted by atomic mass is 32.1. The van der Waals surface area contributed by atoms with Crippen LogP contribution in [0.4, 0.5) is 5.95 Å². The highest BCUT2D eigenvalue weighted by molar-refractivity contribution is 7.09. The molecule has 0 bridgehead atoms. The van der Waals surface area contributed by atoms with E-state index in [0.29, 0.717) is 0 Å². The number of nitrogens with one attached hydrogen (secondary N) is 1. The quantitative estimate of drug-likeness (QED) is 0.760. The molecule has 0 saturated carbocycles. The van der Waals surface area contributed by atoms with E-state index in [1.165, 1.54) is 0 Å². The molecule has 0 aromatic carbocycles. The summed E-state index contributed by atoms with van der Waals surface area (Å²) in [5, 5.41) is 6.49. The molecular formula is C14H22N4OS. The van der Waals surface area contributed by atoms with Crippen molar-refractivity contribution in [3.8, 4) is 0 Å². The second-order valence-corrected chi connectivity index (χ2v) is 5.56. The van der Waals surface area contributed by atoms with Crippen molar-refractivity contribution in [3.05, 3.63) is 28.5 Å². The fraction of sp³-hybridized carbons (Fsp3) is 0.571. The van der Waals surface area contributed by atoms with Gasteiger partial charge in [-0.2, -0.15) is 0 Å². The van der Waals surface area contributed by atoms with Crippen molar-refractivity contribution >= 4 is 17.3 Å². The first-order chi connectivity index (χ1) is 9.72. The SMILES string of the molecule is CCOCCCNc1nc(C)cn1C(C)c1nccs1. The fourth-order valence-electron chi connectivity index (χ4n) is 2.02. The smallest absolute Gasteiger partial charge is 0.203 e. The molecule has 0 radical (unpaired) electrons. The Labute approximate surface area is 124 Å². The van der Waals surface area contributed by atoms with E-state index >= 15 is 0 Å². The lowest BCUT2D eigenvalue weighted by atomic mass is 10.3. The Morgan fingerprint density at radius 3 is 3.05 bits per heavy atom. The van der Waals surface area contributed by atoms with Crippen LogP contribution < -0.4 is 5.32 Å². The first-order valence-corrected chi connectivity index (χ1v) is 7.86. The average molecular weight is 294 g/mol.